The Balaban J connectivity index is 2.32. The predicted molar refractivity (Wildman–Crippen MR) is 58.3 cm³/mol. The Hall–Kier alpha value is -1.69. The molecule has 0 aliphatic carbocycles. The molecule has 1 aliphatic heterocycles. The van der Waals surface area contributed by atoms with Crippen molar-refractivity contribution >= 4 is 5.97 Å². The van der Waals surface area contributed by atoms with E-state index < -0.39 is 5.97 Å². The quantitative estimate of drug-likeness (QED) is 0.844. The molecule has 1 aliphatic rings. The second kappa shape index (κ2) is 4.67. The summed E-state index contributed by atoms with van der Waals surface area (Å²) in [5.74, 6) is -0.967. The van der Waals surface area contributed by atoms with Gasteiger partial charge in [-0.15, -0.1) is 5.10 Å². The standard InChI is InChI=1S/C11H14N2O4/c1-6-7(2)12-13-10(9(6)11(14)15)17-8-3-4-16-5-8/h8H,3-5H2,1-2H3,(H,14,15). The third-order valence-corrected chi connectivity index (χ3v) is 2.80. The normalized spacial score (nSPS) is 19.3. The molecule has 0 spiro atoms. The molecule has 17 heavy (non-hydrogen) atoms. The highest BCUT2D eigenvalue weighted by Gasteiger charge is 2.24. The number of aromatic carboxylic acids is 1. The van der Waals surface area contributed by atoms with Gasteiger partial charge in [-0.25, -0.2) is 4.79 Å². The van der Waals surface area contributed by atoms with Crippen molar-refractivity contribution < 1.29 is 19.4 Å². The van der Waals surface area contributed by atoms with Crippen molar-refractivity contribution in [1.82, 2.24) is 10.2 Å². The van der Waals surface area contributed by atoms with Gasteiger partial charge in [0.05, 0.1) is 18.9 Å². The summed E-state index contributed by atoms with van der Waals surface area (Å²) in [5.41, 5.74) is 1.27. The van der Waals surface area contributed by atoms with Crippen LogP contribution in [-0.2, 0) is 4.74 Å². The number of hydrogen-bond donors (Lipinski definition) is 1. The summed E-state index contributed by atoms with van der Waals surface area (Å²) in [4.78, 5) is 11.2. The largest absolute Gasteiger partial charge is 0.477 e. The van der Waals surface area contributed by atoms with Gasteiger partial charge < -0.3 is 14.6 Å². The molecule has 1 N–H and O–H groups in total. The topological polar surface area (TPSA) is 81.5 Å². The van der Waals surface area contributed by atoms with Crippen LogP contribution in [0.1, 0.15) is 28.0 Å². The van der Waals surface area contributed by atoms with Crippen molar-refractivity contribution in [2.24, 2.45) is 0 Å². The Kier molecular flexibility index (Phi) is 3.23. The number of carbonyl (C=O) groups is 1. The third-order valence-electron chi connectivity index (χ3n) is 2.80. The third kappa shape index (κ3) is 2.36. The lowest BCUT2D eigenvalue weighted by Gasteiger charge is -2.14. The van der Waals surface area contributed by atoms with Gasteiger partial charge in [-0.3, -0.25) is 0 Å². The molecule has 0 saturated carbocycles. The molecule has 2 heterocycles. The molecule has 0 radical (unpaired) electrons. The Morgan fingerprint density at radius 1 is 1.47 bits per heavy atom. The zero-order valence-corrected chi connectivity index (χ0v) is 9.77. The van der Waals surface area contributed by atoms with Crippen molar-refractivity contribution in [2.45, 2.75) is 26.4 Å². The van der Waals surface area contributed by atoms with E-state index in [4.69, 9.17) is 14.6 Å². The SMILES string of the molecule is Cc1nnc(OC2CCOC2)c(C(=O)O)c1C. The maximum Gasteiger partial charge on any atom is 0.341 e. The van der Waals surface area contributed by atoms with Crippen LogP contribution in [0.25, 0.3) is 0 Å². The van der Waals surface area contributed by atoms with Crippen LogP contribution in [0.2, 0.25) is 0 Å². The number of rotatable bonds is 3. The summed E-state index contributed by atoms with van der Waals surface area (Å²) >= 11 is 0. The number of aryl methyl sites for hydroxylation is 1. The van der Waals surface area contributed by atoms with Gasteiger partial charge >= 0.3 is 5.97 Å². The first kappa shape index (κ1) is 11.8. The Morgan fingerprint density at radius 2 is 2.24 bits per heavy atom. The smallest absolute Gasteiger partial charge is 0.341 e. The molecule has 0 aromatic carbocycles. The van der Waals surface area contributed by atoms with Crippen LogP contribution in [0.5, 0.6) is 5.88 Å². The van der Waals surface area contributed by atoms with Gasteiger partial charge in [-0.05, 0) is 19.4 Å². The molecule has 0 bridgehead atoms. The van der Waals surface area contributed by atoms with Crippen LogP contribution in [0.4, 0.5) is 0 Å². The summed E-state index contributed by atoms with van der Waals surface area (Å²) in [7, 11) is 0. The van der Waals surface area contributed by atoms with Crippen molar-refractivity contribution in [3.63, 3.8) is 0 Å². The number of hydrogen-bond acceptors (Lipinski definition) is 5. The molecular weight excluding hydrogens is 224 g/mol. The lowest BCUT2D eigenvalue weighted by molar-refractivity contribution is 0.0683. The highest BCUT2D eigenvalue weighted by atomic mass is 16.6. The maximum atomic E-state index is 11.2. The van der Waals surface area contributed by atoms with Crippen molar-refractivity contribution in [2.75, 3.05) is 13.2 Å². The predicted octanol–water partition coefficient (Wildman–Crippen LogP) is 0.959. The zero-order chi connectivity index (χ0) is 12.4. The summed E-state index contributed by atoms with van der Waals surface area (Å²) in [6.45, 7) is 4.52. The van der Waals surface area contributed by atoms with Crippen LogP contribution in [0, 0.1) is 13.8 Å². The number of carboxylic acids is 1. The van der Waals surface area contributed by atoms with E-state index in [1.165, 1.54) is 0 Å². The average molecular weight is 238 g/mol. The minimum atomic E-state index is -1.05. The van der Waals surface area contributed by atoms with E-state index in [9.17, 15) is 4.79 Å². The number of ether oxygens (including phenoxy) is 2. The molecule has 1 atom stereocenters. The molecule has 1 unspecified atom stereocenters. The van der Waals surface area contributed by atoms with E-state index in [-0.39, 0.29) is 17.5 Å². The minimum absolute atomic E-state index is 0.0797. The molecule has 1 aromatic rings. The highest BCUT2D eigenvalue weighted by molar-refractivity contribution is 5.92. The second-order valence-corrected chi connectivity index (χ2v) is 4.00. The van der Waals surface area contributed by atoms with Crippen molar-refractivity contribution in [1.29, 1.82) is 0 Å². The van der Waals surface area contributed by atoms with Gasteiger partial charge in [0, 0.05) is 6.42 Å². The molecule has 1 saturated heterocycles. The van der Waals surface area contributed by atoms with Crippen LogP contribution in [-0.4, -0.2) is 40.6 Å². The van der Waals surface area contributed by atoms with Crippen LogP contribution in [0.3, 0.4) is 0 Å². The fourth-order valence-corrected chi connectivity index (χ4v) is 1.68. The molecule has 1 fully saturated rings. The maximum absolute atomic E-state index is 11.2. The zero-order valence-electron chi connectivity index (χ0n) is 9.77. The fraction of sp³-hybridized carbons (Fsp3) is 0.545. The van der Waals surface area contributed by atoms with Gasteiger partial charge in [0.1, 0.15) is 11.7 Å². The van der Waals surface area contributed by atoms with Gasteiger partial charge in [0.15, 0.2) is 0 Å². The highest BCUT2D eigenvalue weighted by Crippen LogP contribution is 2.23. The van der Waals surface area contributed by atoms with Crippen LogP contribution in [0.15, 0.2) is 0 Å². The monoisotopic (exact) mass is 238 g/mol. The van der Waals surface area contributed by atoms with E-state index in [2.05, 4.69) is 10.2 Å². The number of aromatic nitrogens is 2. The van der Waals surface area contributed by atoms with Gasteiger partial charge in [0.25, 0.3) is 0 Å². The number of nitrogens with zero attached hydrogens (tertiary/aromatic N) is 2. The first-order chi connectivity index (χ1) is 8.09. The lowest BCUT2D eigenvalue weighted by Crippen LogP contribution is -2.20. The first-order valence-corrected chi connectivity index (χ1v) is 5.41. The van der Waals surface area contributed by atoms with Crippen molar-refractivity contribution in [3.8, 4) is 5.88 Å². The Morgan fingerprint density at radius 3 is 2.82 bits per heavy atom. The second-order valence-electron chi connectivity index (χ2n) is 4.00. The van der Waals surface area contributed by atoms with E-state index in [0.29, 0.717) is 24.5 Å². The average Bonchev–Trinajstić information content (AvgIpc) is 2.76. The van der Waals surface area contributed by atoms with Gasteiger partial charge in [0.2, 0.25) is 5.88 Å². The van der Waals surface area contributed by atoms with Crippen LogP contribution >= 0.6 is 0 Å². The molecule has 6 nitrogen and oxygen atoms in total. The summed E-state index contributed by atoms with van der Waals surface area (Å²) in [5, 5.41) is 16.9. The molecule has 6 heteroatoms. The van der Waals surface area contributed by atoms with E-state index in [1.807, 2.05) is 0 Å². The van der Waals surface area contributed by atoms with E-state index in [0.717, 1.165) is 6.42 Å². The first-order valence-electron chi connectivity index (χ1n) is 5.41. The summed E-state index contributed by atoms with van der Waals surface area (Å²) in [6, 6.07) is 0. The molecule has 1 aromatic heterocycles. The summed E-state index contributed by atoms with van der Waals surface area (Å²) in [6.07, 6.45) is 0.609. The summed E-state index contributed by atoms with van der Waals surface area (Å²) < 4.78 is 10.7. The minimum Gasteiger partial charge on any atom is -0.477 e. The molecular formula is C11H14N2O4. The van der Waals surface area contributed by atoms with Gasteiger partial charge in [-0.2, -0.15) is 5.10 Å². The lowest BCUT2D eigenvalue weighted by atomic mass is 10.1. The molecule has 92 valence electrons. The van der Waals surface area contributed by atoms with E-state index in [1.54, 1.807) is 13.8 Å². The fourth-order valence-electron chi connectivity index (χ4n) is 1.68. The molecule has 0 amide bonds. The van der Waals surface area contributed by atoms with Gasteiger partial charge in [-0.1, -0.05) is 0 Å². The van der Waals surface area contributed by atoms with E-state index >= 15 is 0 Å². The van der Waals surface area contributed by atoms with Crippen molar-refractivity contribution in [3.05, 3.63) is 16.8 Å². The molecule has 2 rings (SSSR count). The Labute approximate surface area is 98.6 Å². The number of carboxylic acid groups (broad SMARTS) is 1. The Bertz CT molecular complexity index is 441. The van der Waals surface area contributed by atoms with Crippen LogP contribution < -0.4 is 4.74 Å².